The van der Waals surface area contributed by atoms with Crippen molar-refractivity contribution in [2.24, 2.45) is 5.73 Å². The Morgan fingerprint density at radius 2 is 2.05 bits per heavy atom. The van der Waals surface area contributed by atoms with Crippen molar-refractivity contribution in [2.45, 2.75) is 37.6 Å². The largest absolute Gasteiger partial charge is 0.389 e. The molecule has 0 fully saturated rings. The molecule has 0 amide bonds. The van der Waals surface area contributed by atoms with E-state index in [4.69, 9.17) is 29.6 Å². The SMILES string of the molecule is CCC(C)(C)NS(=O)(=O)c1ccc(C(N)=S)c(Cl)c1. The maximum Gasteiger partial charge on any atom is 0.241 e. The second-order valence-electron chi connectivity index (χ2n) is 4.85. The number of hydrogen-bond acceptors (Lipinski definition) is 3. The Kier molecular flexibility index (Phi) is 4.95. The summed E-state index contributed by atoms with van der Waals surface area (Å²) in [5, 5.41) is 0.227. The molecule has 0 aromatic heterocycles. The quantitative estimate of drug-likeness (QED) is 0.817. The summed E-state index contributed by atoms with van der Waals surface area (Å²) in [6.45, 7) is 5.54. The Hall–Kier alpha value is -0.690. The van der Waals surface area contributed by atoms with E-state index in [9.17, 15) is 8.42 Å². The lowest BCUT2D eigenvalue weighted by Gasteiger charge is -2.24. The van der Waals surface area contributed by atoms with Crippen molar-refractivity contribution in [1.29, 1.82) is 0 Å². The van der Waals surface area contributed by atoms with E-state index in [1.54, 1.807) is 0 Å². The van der Waals surface area contributed by atoms with Crippen molar-refractivity contribution in [3.8, 4) is 0 Å². The molecule has 0 atom stereocenters. The van der Waals surface area contributed by atoms with Crippen molar-refractivity contribution in [3.05, 3.63) is 28.8 Å². The van der Waals surface area contributed by atoms with Gasteiger partial charge in [0.2, 0.25) is 10.0 Å². The molecule has 0 radical (unpaired) electrons. The number of thiocarbonyl (C=S) groups is 1. The van der Waals surface area contributed by atoms with Gasteiger partial charge in [0.05, 0.1) is 9.92 Å². The predicted octanol–water partition coefficient (Wildman–Crippen LogP) is 2.44. The van der Waals surface area contributed by atoms with Gasteiger partial charge in [-0.25, -0.2) is 13.1 Å². The molecule has 3 N–H and O–H groups in total. The Morgan fingerprint density at radius 3 is 2.47 bits per heavy atom. The van der Waals surface area contributed by atoms with Gasteiger partial charge >= 0.3 is 0 Å². The summed E-state index contributed by atoms with van der Waals surface area (Å²) in [6, 6.07) is 4.30. The number of hydrogen-bond donors (Lipinski definition) is 2. The number of benzene rings is 1. The normalized spacial score (nSPS) is 12.4. The topological polar surface area (TPSA) is 72.2 Å². The van der Waals surface area contributed by atoms with Crippen molar-refractivity contribution in [2.75, 3.05) is 0 Å². The first-order chi connectivity index (χ1) is 8.59. The molecule has 7 heteroatoms. The smallest absolute Gasteiger partial charge is 0.241 e. The Balaban J connectivity index is 3.17. The summed E-state index contributed by atoms with van der Waals surface area (Å²) in [7, 11) is -3.61. The molecule has 0 aliphatic carbocycles. The number of rotatable bonds is 5. The molecule has 0 bridgehead atoms. The van der Waals surface area contributed by atoms with Gasteiger partial charge in [0.25, 0.3) is 0 Å². The zero-order valence-corrected chi connectivity index (χ0v) is 13.4. The van der Waals surface area contributed by atoms with Gasteiger partial charge in [-0.15, -0.1) is 0 Å². The van der Waals surface area contributed by atoms with Crippen LogP contribution in [0.5, 0.6) is 0 Å². The van der Waals surface area contributed by atoms with Crippen LogP contribution in [0.25, 0.3) is 0 Å². The summed E-state index contributed by atoms with van der Waals surface area (Å²) < 4.78 is 27.0. The van der Waals surface area contributed by atoms with Crippen LogP contribution in [0.1, 0.15) is 32.8 Å². The highest BCUT2D eigenvalue weighted by atomic mass is 35.5. The molecule has 0 spiro atoms. The first-order valence-electron chi connectivity index (χ1n) is 5.72. The van der Waals surface area contributed by atoms with Gasteiger partial charge in [0, 0.05) is 11.1 Å². The number of halogens is 1. The van der Waals surface area contributed by atoms with Gasteiger partial charge < -0.3 is 5.73 Å². The van der Waals surface area contributed by atoms with E-state index < -0.39 is 15.6 Å². The molecular weight excluding hydrogens is 304 g/mol. The monoisotopic (exact) mass is 320 g/mol. The van der Waals surface area contributed by atoms with Crippen LogP contribution in [0.4, 0.5) is 0 Å². The van der Waals surface area contributed by atoms with Crippen molar-refractivity contribution < 1.29 is 8.42 Å². The van der Waals surface area contributed by atoms with Gasteiger partial charge in [-0.3, -0.25) is 0 Å². The van der Waals surface area contributed by atoms with Crippen LogP contribution in [-0.2, 0) is 10.0 Å². The summed E-state index contributed by atoms with van der Waals surface area (Å²) in [4.78, 5) is 0.231. The number of sulfonamides is 1. The first-order valence-corrected chi connectivity index (χ1v) is 7.99. The maximum atomic E-state index is 12.2. The van der Waals surface area contributed by atoms with Gasteiger partial charge in [0.1, 0.15) is 4.99 Å². The van der Waals surface area contributed by atoms with E-state index in [0.29, 0.717) is 12.0 Å². The van der Waals surface area contributed by atoms with Crippen LogP contribution >= 0.6 is 23.8 Å². The third-order valence-electron chi connectivity index (χ3n) is 2.81. The van der Waals surface area contributed by atoms with E-state index in [0.717, 1.165) is 0 Å². The minimum Gasteiger partial charge on any atom is -0.389 e. The highest BCUT2D eigenvalue weighted by molar-refractivity contribution is 7.89. The molecule has 0 saturated carbocycles. The lowest BCUT2D eigenvalue weighted by atomic mass is 10.0. The molecule has 0 saturated heterocycles. The zero-order valence-electron chi connectivity index (χ0n) is 11.0. The lowest BCUT2D eigenvalue weighted by Crippen LogP contribution is -2.42. The average Bonchev–Trinajstić information content (AvgIpc) is 2.27. The molecule has 19 heavy (non-hydrogen) atoms. The molecule has 4 nitrogen and oxygen atoms in total. The van der Waals surface area contributed by atoms with Crippen LogP contribution < -0.4 is 10.5 Å². The standard InChI is InChI=1S/C12H17ClN2O2S2/c1-4-12(2,3)15-19(16,17)8-5-6-9(11(14)18)10(13)7-8/h5-7,15H,4H2,1-3H3,(H2,14,18). The fraction of sp³-hybridized carbons (Fsp3) is 0.417. The summed E-state index contributed by atoms with van der Waals surface area (Å²) in [5.41, 5.74) is 5.42. The third kappa shape index (κ3) is 4.14. The van der Waals surface area contributed by atoms with Crippen LogP contribution in [0, 0.1) is 0 Å². The fourth-order valence-electron chi connectivity index (χ4n) is 1.36. The molecule has 0 heterocycles. The van der Waals surface area contributed by atoms with Crippen LogP contribution in [-0.4, -0.2) is 18.9 Å². The predicted molar refractivity (Wildman–Crippen MR) is 82.0 cm³/mol. The molecule has 1 aromatic rings. The van der Waals surface area contributed by atoms with E-state index in [2.05, 4.69) is 4.72 Å². The van der Waals surface area contributed by atoms with Crippen LogP contribution in [0.3, 0.4) is 0 Å². The van der Waals surface area contributed by atoms with E-state index in [-0.39, 0.29) is 14.9 Å². The summed E-state index contributed by atoms with van der Waals surface area (Å²) >= 11 is 10.8. The fourth-order valence-corrected chi connectivity index (χ4v) is 3.45. The molecule has 0 aliphatic heterocycles. The molecule has 106 valence electrons. The van der Waals surface area contributed by atoms with Crippen molar-refractivity contribution in [3.63, 3.8) is 0 Å². The Bertz CT molecular complexity index is 598. The molecule has 0 aliphatic rings. The van der Waals surface area contributed by atoms with Gasteiger partial charge in [-0.05, 0) is 38.5 Å². The van der Waals surface area contributed by atoms with Crippen LogP contribution in [0.2, 0.25) is 5.02 Å². The van der Waals surface area contributed by atoms with E-state index in [1.807, 2.05) is 20.8 Å². The molecular formula is C12H17ClN2O2S2. The highest BCUT2D eigenvalue weighted by Gasteiger charge is 2.25. The van der Waals surface area contributed by atoms with E-state index >= 15 is 0 Å². The lowest BCUT2D eigenvalue weighted by molar-refractivity contribution is 0.439. The van der Waals surface area contributed by atoms with E-state index in [1.165, 1.54) is 18.2 Å². The zero-order chi connectivity index (χ0) is 14.8. The minimum atomic E-state index is -3.61. The van der Waals surface area contributed by atoms with Crippen LogP contribution in [0.15, 0.2) is 23.1 Å². The second-order valence-corrected chi connectivity index (χ2v) is 7.38. The van der Waals surface area contributed by atoms with Crippen molar-refractivity contribution >= 4 is 38.8 Å². The molecule has 0 unspecified atom stereocenters. The Morgan fingerprint density at radius 1 is 1.47 bits per heavy atom. The summed E-state index contributed by atoms with van der Waals surface area (Å²) in [6.07, 6.45) is 0.672. The minimum absolute atomic E-state index is 0.0963. The summed E-state index contributed by atoms with van der Waals surface area (Å²) in [5.74, 6) is 0. The van der Waals surface area contributed by atoms with Gasteiger partial charge in [0.15, 0.2) is 0 Å². The number of nitrogens with two attached hydrogens (primary N) is 1. The van der Waals surface area contributed by atoms with Crippen molar-refractivity contribution in [1.82, 2.24) is 4.72 Å². The highest BCUT2D eigenvalue weighted by Crippen LogP contribution is 2.22. The van der Waals surface area contributed by atoms with Gasteiger partial charge in [-0.1, -0.05) is 30.7 Å². The second kappa shape index (κ2) is 5.75. The van der Waals surface area contributed by atoms with Gasteiger partial charge in [-0.2, -0.15) is 0 Å². The average molecular weight is 321 g/mol. The maximum absolute atomic E-state index is 12.2. The first kappa shape index (κ1) is 16.4. The Labute approximate surface area is 124 Å². The third-order valence-corrected chi connectivity index (χ3v) is 5.04. The molecule has 1 rings (SSSR count). The molecule has 1 aromatic carbocycles. The number of nitrogens with one attached hydrogen (secondary N) is 1.